The van der Waals surface area contributed by atoms with Crippen LogP contribution in [0.15, 0.2) is 0 Å². The maximum absolute atomic E-state index is 10.6. The summed E-state index contributed by atoms with van der Waals surface area (Å²) in [5.74, 6) is -0.130. The summed E-state index contributed by atoms with van der Waals surface area (Å²) < 4.78 is 4.48. The van der Waals surface area contributed by atoms with E-state index in [0.717, 1.165) is 13.1 Å². The van der Waals surface area contributed by atoms with Crippen LogP contribution in [0.4, 0.5) is 0 Å². The molecule has 0 aromatic carbocycles. The van der Waals surface area contributed by atoms with Crippen LogP contribution in [-0.4, -0.2) is 37.6 Å². The van der Waals surface area contributed by atoms with Crippen molar-refractivity contribution in [2.75, 3.05) is 26.7 Å². The van der Waals surface area contributed by atoms with Gasteiger partial charge in [0.1, 0.15) is 0 Å². The second-order valence-corrected chi connectivity index (χ2v) is 2.21. The second-order valence-electron chi connectivity index (χ2n) is 2.21. The minimum absolute atomic E-state index is 0.130. The number of esters is 1. The molecule has 3 heteroatoms. The third kappa shape index (κ3) is 1.68. The van der Waals surface area contributed by atoms with Crippen LogP contribution >= 0.6 is 0 Å². The number of carbonyl (C=O) groups excluding carboxylic acids is 1. The number of likely N-dealkylation sites (tertiary alicyclic amines) is 1. The highest BCUT2D eigenvalue weighted by atomic mass is 16.5. The molecule has 0 N–H and O–H groups in total. The number of hydrogen-bond acceptors (Lipinski definition) is 3. The van der Waals surface area contributed by atoms with Gasteiger partial charge in [-0.3, -0.25) is 9.69 Å². The van der Waals surface area contributed by atoms with Crippen LogP contribution in [0.3, 0.4) is 0 Å². The Kier molecular flexibility index (Phi) is 2.05. The fraction of sp³-hybridized carbons (Fsp3) is 0.833. The molecule has 0 aliphatic carbocycles. The molecule has 1 saturated heterocycles. The molecular weight excluding hydrogens is 118 g/mol. The first-order valence-corrected chi connectivity index (χ1v) is 3.12. The zero-order valence-electron chi connectivity index (χ0n) is 5.59. The van der Waals surface area contributed by atoms with E-state index >= 15 is 0 Å². The van der Waals surface area contributed by atoms with E-state index in [1.165, 1.54) is 13.5 Å². The molecule has 0 unspecified atom stereocenters. The maximum Gasteiger partial charge on any atom is 0.319 e. The molecule has 3 nitrogen and oxygen atoms in total. The first-order valence-electron chi connectivity index (χ1n) is 3.12. The lowest BCUT2D eigenvalue weighted by molar-refractivity contribution is -0.142. The molecule has 0 bridgehead atoms. The van der Waals surface area contributed by atoms with Crippen molar-refractivity contribution >= 4 is 5.97 Å². The molecule has 0 saturated carbocycles. The van der Waals surface area contributed by atoms with E-state index in [-0.39, 0.29) is 5.97 Å². The van der Waals surface area contributed by atoms with Gasteiger partial charge in [0.15, 0.2) is 0 Å². The number of methoxy groups -OCH3 is 1. The Morgan fingerprint density at radius 2 is 2.33 bits per heavy atom. The van der Waals surface area contributed by atoms with Crippen LogP contribution in [0.2, 0.25) is 0 Å². The van der Waals surface area contributed by atoms with E-state index in [2.05, 4.69) is 9.64 Å². The lowest BCUT2D eigenvalue weighted by Gasteiger charge is -2.28. The first kappa shape index (κ1) is 6.55. The molecule has 1 heterocycles. The van der Waals surface area contributed by atoms with E-state index in [1.54, 1.807) is 0 Å². The molecule has 0 radical (unpaired) electrons. The van der Waals surface area contributed by atoms with Gasteiger partial charge < -0.3 is 4.74 Å². The second kappa shape index (κ2) is 2.82. The summed E-state index contributed by atoms with van der Waals surface area (Å²) >= 11 is 0. The lowest BCUT2D eigenvalue weighted by atomic mass is 10.2. The Morgan fingerprint density at radius 3 is 2.67 bits per heavy atom. The van der Waals surface area contributed by atoms with Gasteiger partial charge >= 0.3 is 5.97 Å². The van der Waals surface area contributed by atoms with E-state index in [9.17, 15) is 4.79 Å². The van der Waals surface area contributed by atoms with Gasteiger partial charge in [0, 0.05) is 0 Å². The highest BCUT2D eigenvalue weighted by Gasteiger charge is 2.16. The number of carbonyl (C=O) groups is 1. The molecule has 1 fully saturated rings. The molecular formula is C6H11NO2. The maximum atomic E-state index is 10.6. The minimum atomic E-state index is -0.130. The average molecular weight is 129 g/mol. The van der Waals surface area contributed by atoms with Gasteiger partial charge in [-0.1, -0.05) is 0 Å². The van der Waals surface area contributed by atoms with Crippen LogP contribution in [0.1, 0.15) is 6.42 Å². The van der Waals surface area contributed by atoms with Gasteiger partial charge in [-0.15, -0.1) is 0 Å². The third-order valence-electron chi connectivity index (χ3n) is 1.53. The lowest BCUT2D eigenvalue weighted by Crippen LogP contribution is -2.41. The predicted molar refractivity (Wildman–Crippen MR) is 33.1 cm³/mol. The summed E-state index contributed by atoms with van der Waals surface area (Å²) in [5, 5.41) is 0. The van der Waals surface area contributed by atoms with Gasteiger partial charge in [-0.2, -0.15) is 0 Å². The van der Waals surface area contributed by atoms with Crippen molar-refractivity contribution in [3.63, 3.8) is 0 Å². The molecule has 0 amide bonds. The molecule has 9 heavy (non-hydrogen) atoms. The standard InChI is InChI=1S/C6H11NO2/c1-9-6(8)5-7-3-2-4-7/h2-5H2,1H3. The minimum Gasteiger partial charge on any atom is -0.468 e. The Morgan fingerprint density at radius 1 is 1.67 bits per heavy atom. The molecule has 0 aromatic heterocycles. The average Bonchev–Trinajstić information content (AvgIpc) is 1.78. The normalized spacial score (nSPS) is 18.8. The van der Waals surface area contributed by atoms with Crippen molar-refractivity contribution in [2.45, 2.75) is 6.42 Å². The van der Waals surface area contributed by atoms with E-state index in [4.69, 9.17) is 0 Å². The summed E-state index contributed by atoms with van der Waals surface area (Å²) in [5.41, 5.74) is 0. The smallest absolute Gasteiger partial charge is 0.319 e. The number of rotatable bonds is 2. The molecule has 1 aliphatic rings. The van der Waals surface area contributed by atoms with Crippen LogP contribution < -0.4 is 0 Å². The number of ether oxygens (including phenoxy) is 1. The largest absolute Gasteiger partial charge is 0.468 e. The van der Waals surface area contributed by atoms with Crippen LogP contribution in [0.25, 0.3) is 0 Å². The molecule has 0 spiro atoms. The van der Waals surface area contributed by atoms with Crippen molar-refractivity contribution in [2.24, 2.45) is 0 Å². The summed E-state index contributed by atoms with van der Waals surface area (Å²) in [6, 6.07) is 0. The quantitative estimate of drug-likeness (QED) is 0.486. The fourth-order valence-electron chi connectivity index (χ4n) is 0.787. The topological polar surface area (TPSA) is 29.5 Å². The van der Waals surface area contributed by atoms with E-state index in [0.29, 0.717) is 6.54 Å². The zero-order chi connectivity index (χ0) is 6.69. The van der Waals surface area contributed by atoms with E-state index < -0.39 is 0 Å². The molecule has 1 aliphatic heterocycles. The highest BCUT2D eigenvalue weighted by molar-refractivity contribution is 5.71. The van der Waals surface area contributed by atoms with Gasteiger partial charge in [-0.25, -0.2) is 0 Å². The Balaban J connectivity index is 2.09. The summed E-state index contributed by atoms with van der Waals surface area (Å²) in [6.45, 7) is 2.57. The summed E-state index contributed by atoms with van der Waals surface area (Å²) in [6.07, 6.45) is 1.22. The zero-order valence-corrected chi connectivity index (χ0v) is 5.59. The Bertz CT molecular complexity index is 110. The molecule has 0 atom stereocenters. The molecule has 0 aromatic rings. The molecule has 52 valence electrons. The van der Waals surface area contributed by atoms with Crippen LogP contribution in [-0.2, 0) is 9.53 Å². The van der Waals surface area contributed by atoms with Gasteiger partial charge in [0.25, 0.3) is 0 Å². The number of nitrogens with zero attached hydrogens (tertiary/aromatic N) is 1. The fourth-order valence-corrected chi connectivity index (χ4v) is 0.787. The van der Waals surface area contributed by atoms with Crippen LogP contribution in [0.5, 0.6) is 0 Å². The van der Waals surface area contributed by atoms with Gasteiger partial charge in [0.05, 0.1) is 13.7 Å². The summed E-state index contributed by atoms with van der Waals surface area (Å²) in [4.78, 5) is 12.6. The SMILES string of the molecule is COC(=O)CN1CCC1. The van der Waals surface area contributed by atoms with Gasteiger partial charge in [0.2, 0.25) is 0 Å². The van der Waals surface area contributed by atoms with Crippen molar-refractivity contribution in [3.8, 4) is 0 Å². The molecule has 1 rings (SSSR count). The summed E-state index contributed by atoms with van der Waals surface area (Å²) in [7, 11) is 1.42. The van der Waals surface area contributed by atoms with Crippen molar-refractivity contribution in [1.29, 1.82) is 0 Å². The van der Waals surface area contributed by atoms with Crippen molar-refractivity contribution < 1.29 is 9.53 Å². The van der Waals surface area contributed by atoms with E-state index in [1.807, 2.05) is 0 Å². The van der Waals surface area contributed by atoms with Crippen molar-refractivity contribution in [1.82, 2.24) is 4.90 Å². The third-order valence-corrected chi connectivity index (χ3v) is 1.53. The van der Waals surface area contributed by atoms with Gasteiger partial charge in [-0.05, 0) is 19.5 Å². The van der Waals surface area contributed by atoms with Crippen molar-refractivity contribution in [3.05, 3.63) is 0 Å². The first-order chi connectivity index (χ1) is 4.33. The monoisotopic (exact) mass is 129 g/mol. The predicted octanol–water partition coefficient (Wildman–Crippen LogP) is -0.135. The van der Waals surface area contributed by atoms with Crippen LogP contribution in [0, 0.1) is 0 Å². The Labute approximate surface area is 54.6 Å². The number of hydrogen-bond donors (Lipinski definition) is 0. The Hall–Kier alpha value is -0.570. The highest BCUT2D eigenvalue weighted by Crippen LogP contribution is 2.03.